The maximum absolute atomic E-state index is 12.1. The topological polar surface area (TPSA) is 123 Å². The molecule has 1 aliphatic rings. The third-order valence-corrected chi connectivity index (χ3v) is 7.46. The van der Waals surface area contributed by atoms with Crippen molar-refractivity contribution < 1.29 is 13.2 Å². The van der Waals surface area contributed by atoms with Crippen molar-refractivity contribution in [2.24, 2.45) is 5.14 Å². The smallest absolute Gasteiger partial charge is 0.247 e. The minimum atomic E-state index is -3.80. The fourth-order valence-corrected chi connectivity index (χ4v) is 5.62. The third kappa shape index (κ3) is 7.21. The number of benzene rings is 3. The summed E-state index contributed by atoms with van der Waals surface area (Å²) in [5, 5.41) is 17.2. The van der Waals surface area contributed by atoms with Crippen molar-refractivity contribution in [2.45, 2.75) is 32.4 Å². The molecule has 0 amide bonds. The average Bonchev–Trinajstić information content (AvgIpc) is 3.38. The summed E-state index contributed by atoms with van der Waals surface area (Å²) in [6.07, 6.45) is 2.53. The number of aromatic nitrogens is 3. The quantitative estimate of drug-likeness (QED) is 0.297. The van der Waals surface area contributed by atoms with Gasteiger partial charge in [-0.25, -0.2) is 18.5 Å². The summed E-state index contributed by atoms with van der Waals surface area (Å²) in [7, 11) is -3.80. The van der Waals surface area contributed by atoms with Crippen LogP contribution in [0.1, 0.15) is 29.5 Å². The standard InChI is InChI=1S/C28H32N6O3S.ClH/c1-19-6-5-7-20(2)26(19)21-16-22(18-38(29,35)36)27-25(17-21)32-33-28(31-27)30-23-8-10-24(11-9-23)37-15-14-34-12-3-4-13-34;/h5-11,16-17H,3-4,12-15,18H2,1-2H3,(H2,29,35,36)(H,30,31,33);1H. The summed E-state index contributed by atoms with van der Waals surface area (Å²) >= 11 is 0. The first-order chi connectivity index (χ1) is 18.2. The molecule has 5 rings (SSSR count). The van der Waals surface area contributed by atoms with E-state index in [2.05, 4.69) is 25.4 Å². The Morgan fingerprint density at radius 3 is 2.36 bits per heavy atom. The van der Waals surface area contributed by atoms with E-state index in [4.69, 9.17) is 9.88 Å². The number of rotatable bonds is 9. The van der Waals surface area contributed by atoms with E-state index in [-0.39, 0.29) is 24.1 Å². The molecule has 0 aliphatic carbocycles. The van der Waals surface area contributed by atoms with Gasteiger partial charge < -0.3 is 10.1 Å². The highest BCUT2D eigenvalue weighted by molar-refractivity contribution is 7.88. The number of ether oxygens (including phenoxy) is 1. The zero-order chi connectivity index (χ0) is 26.7. The van der Waals surface area contributed by atoms with Gasteiger partial charge in [0, 0.05) is 12.2 Å². The van der Waals surface area contributed by atoms with Crippen LogP contribution in [-0.2, 0) is 15.8 Å². The number of hydrogen-bond donors (Lipinski definition) is 2. The summed E-state index contributed by atoms with van der Waals surface area (Å²) in [5.41, 5.74) is 6.20. The largest absolute Gasteiger partial charge is 0.492 e. The maximum Gasteiger partial charge on any atom is 0.247 e. The molecule has 1 fully saturated rings. The van der Waals surface area contributed by atoms with Crippen LogP contribution in [0.2, 0.25) is 0 Å². The van der Waals surface area contributed by atoms with E-state index in [1.165, 1.54) is 12.8 Å². The first kappa shape index (κ1) is 28.7. The van der Waals surface area contributed by atoms with Crippen LogP contribution in [0.5, 0.6) is 5.75 Å². The van der Waals surface area contributed by atoms with Crippen LogP contribution in [0.4, 0.5) is 11.6 Å². The summed E-state index contributed by atoms with van der Waals surface area (Å²) < 4.78 is 30.0. The van der Waals surface area contributed by atoms with Crippen LogP contribution >= 0.6 is 12.4 Å². The molecule has 39 heavy (non-hydrogen) atoms. The fourth-order valence-electron chi connectivity index (χ4n) is 4.97. The van der Waals surface area contributed by atoms with E-state index in [9.17, 15) is 8.42 Å². The van der Waals surface area contributed by atoms with Gasteiger partial charge in [0.2, 0.25) is 16.0 Å². The third-order valence-electron chi connectivity index (χ3n) is 6.75. The summed E-state index contributed by atoms with van der Waals surface area (Å²) in [6, 6.07) is 17.3. The molecule has 9 nitrogen and oxygen atoms in total. The lowest BCUT2D eigenvalue weighted by Crippen LogP contribution is -2.25. The Balaban J connectivity index is 0.00000353. The zero-order valence-electron chi connectivity index (χ0n) is 22.1. The number of aryl methyl sites for hydroxylation is 2. The highest BCUT2D eigenvalue weighted by atomic mass is 35.5. The molecule has 0 bridgehead atoms. The number of primary sulfonamides is 1. The van der Waals surface area contributed by atoms with Crippen LogP contribution in [0.3, 0.4) is 0 Å². The van der Waals surface area contributed by atoms with Crippen molar-refractivity contribution in [3.63, 3.8) is 0 Å². The Bertz CT molecular complexity index is 1540. The van der Waals surface area contributed by atoms with E-state index in [0.717, 1.165) is 53.3 Å². The molecule has 0 spiro atoms. The molecular weight excluding hydrogens is 536 g/mol. The van der Waals surface area contributed by atoms with Crippen LogP contribution in [0.15, 0.2) is 54.6 Å². The molecule has 0 saturated carbocycles. The molecule has 3 N–H and O–H groups in total. The van der Waals surface area contributed by atoms with Gasteiger partial charge in [0.05, 0.1) is 11.3 Å². The number of nitrogens with one attached hydrogen (secondary N) is 1. The molecule has 2 heterocycles. The van der Waals surface area contributed by atoms with Crippen molar-refractivity contribution in [3.8, 4) is 16.9 Å². The molecule has 3 aromatic carbocycles. The first-order valence-electron chi connectivity index (χ1n) is 12.7. The van der Waals surface area contributed by atoms with Gasteiger partial charge in [0.15, 0.2) is 0 Å². The second kappa shape index (κ2) is 12.3. The van der Waals surface area contributed by atoms with E-state index in [0.29, 0.717) is 23.2 Å². The van der Waals surface area contributed by atoms with Gasteiger partial charge in [0.1, 0.15) is 17.9 Å². The number of hydrogen-bond acceptors (Lipinski definition) is 8. The van der Waals surface area contributed by atoms with Gasteiger partial charge in [0.25, 0.3) is 0 Å². The van der Waals surface area contributed by atoms with Crippen LogP contribution in [-0.4, -0.2) is 54.7 Å². The molecule has 1 saturated heterocycles. The molecule has 206 valence electrons. The Morgan fingerprint density at radius 1 is 1.00 bits per heavy atom. The van der Waals surface area contributed by atoms with E-state index >= 15 is 0 Å². The normalized spacial score (nSPS) is 13.8. The van der Waals surface area contributed by atoms with Crippen molar-refractivity contribution in [2.75, 3.05) is 31.6 Å². The second-order valence-electron chi connectivity index (χ2n) is 9.76. The molecule has 0 unspecified atom stereocenters. The number of sulfonamides is 1. The first-order valence-corrected chi connectivity index (χ1v) is 14.4. The van der Waals surface area contributed by atoms with Crippen molar-refractivity contribution >= 4 is 45.1 Å². The lowest BCUT2D eigenvalue weighted by Gasteiger charge is -2.15. The highest BCUT2D eigenvalue weighted by Gasteiger charge is 2.17. The van der Waals surface area contributed by atoms with E-state index in [1.54, 1.807) is 0 Å². The van der Waals surface area contributed by atoms with E-state index in [1.807, 2.05) is 68.4 Å². The number of likely N-dealkylation sites (tertiary alicyclic amines) is 1. The maximum atomic E-state index is 12.1. The molecule has 0 radical (unpaired) electrons. The van der Waals surface area contributed by atoms with Gasteiger partial charge in [-0.3, -0.25) is 4.90 Å². The fraction of sp³-hybridized carbons (Fsp3) is 0.321. The number of nitrogens with two attached hydrogens (primary N) is 1. The lowest BCUT2D eigenvalue weighted by atomic mass is 9.94. The molecule has 0 atom stereocenters. The van der Waals surface area contributed by atoms with Crippen LogP contribution in [0.25, 0.3) is 22.2 Å². The number of fused-ring (bicyclic) bond motifs is 1. The van der Waals surface area contributed by atoms with Gasteiger partial charge in [-0.2, -0.15) is 0 Å². The van der Waals surface area contributed by atoms with Gasteiger partial charge in [-0.15, -0.1) is 22.6 Å². The lowest BCUT2D eigenvalue weighted by molar-refractivity contribution is 0.238. The minimum absolute atomic E-state index is 0. The zero-order valence-corrected chi connectivity index (χ0v) is 23.7. The van der Waals surface area contributed by atoms with E-state index < -0.39 is 10.0 Å². The Morgan fingerprint density at radius 2 is 1.69 bits per heavy atom. The van der Waals surface area contributed by atoms with Gasteiger partial charge >= 0.3 is 0 Å². The Labute approximate surface area is 235 Å². The summed E-state index contributed by atoms with van der Waals surface area (Å²) in [4.78, 5) is 7.02. The predicted octanol–water partition coefficient (Wildman–Crippen LogP) is 4.74. The molecule has 1 aliphatic heterocycles. The molecule has 4 aromatic rings. The van der Waals surface area contributed by atoms with Crippen LogP contribution < -0.4 is 15.2 Å². The molecule has 1 aromatic heterocycles. The second-order valence-corrected chi connectivity index (χ2v) is 11.4. The van der Waals surface area contributed by atoms with Gasteiger partial charge in [-0.1, -0.05) is 18.2 Å². The number of nitrogens with zero attached hydrogens (tertiary/aromatic N) is 4. The Kier molecular flexibility index (Phi) is 9.01. The number of anilines is 2. The SMILES string of the molecule is Cc1cccc(C)c1-c1cc(CS(N)(=O)=O)c2nc(Nc3ccc(OCCN4CCCC4)cc3)nnc2c1.Cl. The predicted molar refractivity (Wildman–Crippen MR) is 157 cm³/mol. The summed E-state index contributed by atoms with van der Waals surface area (Å²) in [6.45, 7) is 7.93. The van der Waals surface area contributed by atoms with Crippen molar-refractivity contribution in [3.05, 3.63) is 71.3 Å². The average molecular weight is 569 g/mol. The molecule has 11 heteroatoms. The Hall–Kier alpha value is -3.31. The summed E-state index contributed by atoms with van der Waals surface area (Å²) in [5.74, 6) is 0.696. The highest BCUT2D eigenvalue weighted by Crippen LogP contribution is 2.32. The van der Waals surface area contributed by atoms with Crippen molar-refractivity contribution in [1.29, 1.82) is 0 Å². The van der Waals surface area contributed by atoms with Crippen molar-refractivity contribution in [1.82, 2.24) is 20.1 Å². The van der Waals surface area contributed by atoms with Gasteiger partial charge in [-0.05, 0) is 104 Å². The number of halogens is 1. The minimum Gasteiger partial charge on any atom is -0.492 e. The monoisotopic (exact) mass is 568 g/mol. The molecular formula is C28H33ClN6O3S. The van der Waals surface area contributed by atoms with Crippen LogP contribution in [0, 0.1) is 13.8 Å².